The number of aliphatic hydroxyl groups excluding tert-OH is 1. The molecule has 2 unspecified atom stereocenters. The predicted molar refractivity (Wildman–Crippen MR) is 81.8 cm³/mol. The number of fused-ring (bicyclic) bond motifs is 1. The standard InChI is InChI=1S/C17H25NO3/c1-12(18-15(7-8-19)13-3-4-13)14-5-6-16-17(11-14)21-10-2-9-20-16/h5-6,11-13,15,18-19H,2-4,7-10H2,1H3. The molecule has 1 aliphatic heterocycles. The average molecular weight is 291 g/mol. The maximum absolute atomic E-state index is 9.21. The van der Waals surface area contributed by atoms with Gasteiger partial charge in [0.2, 0.25) is 0 Å². The molecule has 1 aromatic carbocycles. The molecule has 1 aliphatic carbocycles. The second kappa shape index (κ2) is 6.67. The number of nitrogens with one attached hydrogen (secondary N) is 1. The fourth-order valence-corrected chi connectivity index (χ4v) is 2.96. The highest BCUT2D eigenvalue weighted by molar-refractivity contribution is 5.44. The van der Waals surface area contributed by atoms with Crippen LogP contribution >= 0.6 is 0 Å². The Morgan fingerprint density at radius 3 is 2.71 bits per heavy atom. The Kier molecular flexibility index (Phi) is 4.66. The normalized spacial score (nSPS) is 20.7. The molecule has 1 heterocycles. The maximum atomic E-state index is 9.21. The Morgan fingerprint density at radius 2 is 2.00 bits per heavy atom. The van der Waals surface area contributed by atoms with Gasteiger partial charge in [0.15, 0.2) is 11.5 Å². The fraction of sp³-hybridized carbons (Fsp3) is 0.647. The molecule has 2 aliphatic rings. The highest BCUT2D eigenvalue weighted by atomic mass is 16.5. The molecule has 0 radical (unpaired) electrons. The van der Waals surface area contributed by atoms with Crippen LogP contribution in [0.15, 0.2) is 18.2 Å². The van der Waals surface area contributed by atoms with Gasteiger partial charge in [0.25, 0.3) is 0 Å². The van der Waals surface area contributed by atoms with E-state index in [0.717, 1.165) is 36.9 Å². The fourth-order valence-electron chi connectivity index (χ4n) is 2.96. The lowest BCUT2D eigenvalue weighted by Gasteiger charge is -2.23. The molecule has 116 valence electrons. The summed E-state index contributed by atoms with van der Waals surface area (Å²) in [7, 11) is 0. The van der Waals surface area contributed by atoms with Crippen LogP contribution in [0.5, 0.6) is 11.5 Å². The van der Waals surface area contributed by atoms with Crippen molar-refractivity contribution in [2.45, 2.75) is 44.7 Å². The van der Waals surface area contributed by atoms with E-state index in [1.807, 2.05) is 6.07 Å². The summed E-state index contributed by atoms with van der Waals surface area (Å²) in [4.78, 5) is 0. The third-order valence-corrected chi connectivity index (χ3v) is 4.37. The van der Waals surface area contributed by atoms with Crippen molar-refractivity contribution in [2.75, 3.05) is 19.8 Å². The van der Waals surface area contributed by atoms with Crippen LogP contribution < -0.4 is 14.8 Å². The van der Waals surface area contributed by atoms with Gasteiger partial charge in [-0.15, -0.1) is 0 Å². The molecule has 2 N–H and O–H groups in total. The second-order valence-corrected chi connectivity index (χ2v) is 6.10. The molecule has 21 heavy (non-hydrogen) atoms. The largest absolute Gasteiger partial charge is 0.490 e. The van der Waals surface area contributed by atoms with Gasteiger partial charge in [0.1, 0.15) is 0 Å². The SMILES string of the molecule is CC(NC(CCO)C1CC1)c1ccc2c(c1)OCCCO2. The molecule has 1 aromatic rings. The van der Waals surface area contributed by atoms with Gasteiger partial charge >= 0.3 is 0 Å². The van der Waals surface area contributed by atoms with E-state index >= 15 is 0 Å². The topological polar surface area (TPSA) is 50.7 Å². The molecule has 2 atom stereocenters. The van der Waals surface area contributed by atoms with Crippen molar-refractivity contribution in [3.05, 3.63) is 23.8 Å². The number of benzene rings is 1. The summed E-state index contributed by atoms with van der Waals surface area (Å²) in [5.41, 5.74) is 1.21. The molecular weight excluding hydrogens is 266 g/mol. The molecule has 0 saturated heterocycles. The average Bonchev–Trinajstić information content (AvgIpc) is 3.32. The summed E-state index contributed by atoms with van der Waals surface area (Å²) in [5.74, 6) is 2.43. The van der Waals surface area contributed by atoms with Gasteiger partial charge in [-0.05, 0) is 49.8 Å². The van der Waals surface area contributed by atoms with Crippen molar-refractivity contribution in [3.63, 3.8) is 0 Å². The summed E-state index contributed by atoms with van der Waals surface area (Å²) >= 11 is 0. The smallest absolute Gasteiger partial charge is 0.161 e. The van der Waals surface area contributed by atoms with Gasteiger partial charge in [-0.2, -0.15) is 0 Å². The Morgan fingerprint density at radius 1 is 1.24 bits per heavy atom. The molecule has 0 aromatic heterocycles. The minimum Gasteiger partial charge on any atom is -0.490 e. The summed E-state index contributed by atoms with van der Waals surface area (Å²) in [6, 6.07) is 6.86. The molecule has 1 saturated carbocycles. The first kappa shape index (κ1) is 14.7. The molecule has 0 amide bonds. The Bertz CT molecular complexity index is 473. The van der Waals surface area contributed by atoms with Crippen LogP contribution in [0.4, 0.5) is 0 Å². The van der Waals surface area contributed by atoms with Crippen LogP contribution in [0.25, 0.3) is 0 Å². The van der Waals surface area contributed by atoms with Crippen molar-refractivity contribution < 1.29 is 14.6 Å². The van der Waals surface area contributed by atoms with Gasteiger partial charge in [-0.1, -0.05) is 6.07 Å². The highest BCUT2D eigenvalue weighted by Gasteiger charge is 2.31. The Balaban J connectivity index is 1.68. The number of hydrogen-bond donors (Lipinski definition) is 2. The first-order valence-corrected chi connectivity index (χ1v) is 8.04. The first-order chi connectivity index (χ1) is 10.3. The Hall–Kier alpha value is -1.26. The second-order valence-electron chi connectivity index (χ2n) is 6.10. The van der Waals surface area contributed by atoms with E-state index < -0.39 is 0 Å². The van der Waals surface area contributed by atoms with Crippen LogP contribution in [0.3, 0.4) is 0 Å². The molecule has 0 spiro atoms. The van der Waals surface area contributed by atoms with Gasteiger partial charge in [0.05, 0.1) is 13.2 Å². The van der Waals surface area contributed by atoms with Crippen LogP contribution in [-0.2, 0) is 0 Å². The van der Waals surface area contributed by atoms with Crippen LogP contribution in [0.1, 0.15) is 44.2 Å². The summed E-state index contributed by atoms with van der Waals surface area (Å²) in [6.07, 6.45) is 4.33. The lowest BCUT2D eigenvalue weighted by molar-refractivity contribution is 0.250. The third kappa shape index (κ3) is 3.69. The lowest BCUT2D eigenvalue weighted by Crippen LogP contribution is -2.34. The van der Waals surface area contributed by atoms with Gasteiger partial charge in [0, 0.05) is 25.1 Å². The number of rotatable bonds is 6. The molecular formula is C17H25NO3. The van der Waals surface area contributed by atoms with Crippen LogP contribution in [0, 0.1) is 5.92 Å². The number of aliphatic hydroxyl groups is 1. The molecule has 4 heteroatoms. The third-order valence-electron chi connectivity index (χ3n) is 4.37. The highest BCUT2D eigenvalue weighted by Crippen LogP contribution is 2.36. The monoisotopic (exact) mass is 291 g/mol. The quantitative estimate of drug-likeness (QED) is 0.846. The van der Waals surface area contributed by atoms with Crippen molar-refractivity contribution in [2.24, 2.45) is 5.92 Å². The van der Waals surface area contributed by atoms with E-state index in [0.29, 0.717) is 12.6 Å². The zero-order valence-electron chi connectivity index (χ0n) is 12.7. The van der Waals surface area contributed by atoms with Gasteiger partial charge in [-0.3, -0.25) is 0 Å². The van der Waals surface area contributed by atoms with Crippen molar-refractivity contribution in [1.82, 2.24) is 5.32 Å². The first-order valence-electron chi connectivity index (χ1n) is 8.04. The van der Waals surface area contributed by atoms with E-state index in [9.17, 15) is 5.11 Å². The van der Waals surface area contributed by atoms with E-state index in [2.05, 4.69) is 24.4 Å². The zero-order chi connectivity index (χ0) is 14.7. The molecule has 0 bridgehead atoms. The summed E-state index contributed by atoms with van der Waals surface area (Å²) < 4.78 is 11.4. The van der Waals surface area contributed by atoms with E-state index in [1.165, 1.54) is 18.4 Å². The molecule has 1 fully saturated rings. The predicted octanol–water partition coefficient (Wildman–Crippen LogP) is 2.66. The number of hydrogen-bond acceptors (Lipinski definition) is 4. The minimum absolute atomic E-state index is 0.249. The minimum atomic E-state index is 0.249. The van der Waals surface area contributed by atoms with Crippen molar-refractivity contribution >= 4 is 0 Å². The zero-order valence-corrected chi connectivity index (χ0v) is 12.7. The van der Waals surface area contributed by atoms with E-state index in [-0.39, 0.29) is 12.6 Å². The number of ether oxygens (including phenoxy) is 2. The summed E-state index contributed by atoms with van der Waals surface area (Å²) in [6.45, 7) is 3.86. The van der Waals surface area contributed by atoms with Crippen molar-refractivity contribution in [1.29, 1.82) is 0 Å². The summed E-state index contributed by atoms with van der Waals surface area (Å²) in [5, 5.41) is 12.9. The van der Waals surface area contributed by atoms with Crippen LogP contribution in [-0.4, -0.2) is 31.0 Å². The van der Waals surface area contributed by atoms with Crippen LogP contribution in [0.2, 0.25) is 0 Å². The van der Waals surface area contributed by atoms with Gasteiger partial charge in [-0.25, -0.2) is 0 Å². The maximum Gasteiger partial charge on any atom is 0.161 e. The lowest BCUT2D eigenvalue weighted by atomic mass is 10.0. The van der Waals surface area contributed by atoms with Crippen molar-refractivity contribution in [3.8, 4) is 11.5 Å². The molecule has 4 nitrogen and oxygen atoms in total. The van der Waals surface area contributed by atoms with Gasteiger partial charge < -0.3 is 19.9 Å². The van der Waals surface area contributed by atoms with E-state index in [1.54, 1.807) is 0 Å². The molecule has 3 rings (SSSR count). The van der Waals surface area contributed by atoms with E-state index in [4.69, 9.17) is 9.47 Å². The Labute approximate surface area is 126 Å².